The van der Waals surface area contributed by atoms with E-state index >= 15 is 0 Å². The van der Waals surface area contributed by atoms with Crippen LogP contribution in [0, 0.1) is 5.92 Å². The first kappa shape index (κ1) is 13.8. The molecule has 1 aliphatic rings. The van der Waals surface area contributed by atoms with Crippen molar-refractivity contribution < 1.29 is 0 Å². The Hall–Kier alpha value is -2.86. The number of hydrogen-bond acceptors (Lipinski definition) is 0. The molecule has 23 heavy (non-hydrogen) atoms. The first-order valence-electron chi connectivity index (χ1n) is 7.89. The van der Waals surface area contributed by atoms with Crippen LogP contribution in [-0.2, 0) is 0 Å². The van der Waals surface area contributed by atoms with Gasteiger partial charge in [0.05, 0.1) is 5.92 Å². The third kappa shape index (κ3) is 2.76. The summed E-state index contributed by atoms with van der Waals surface area (Å²) in [7, 11) is 0. The van der Waals surface area contributed by atoms with Crippen LogP contribution in [0.5, 0.6) is 0 Å². The molecular weight excluding hydrogens is 276 g/mol. The van der Waals surface area contributed by atoms with Gasteiger partial charge in [-0.1, -0.05) is 97.1 Å². The number of benzene rings is 3. The van der Waals surface area contributed by atoms with Crippen molar-refractivity contribution in [2.24, 2.45) is 0 Å². The summed E-state index contributed by atoms with van der Waals surface area (Å²) in [5.74, 6) is 1.29. The van der Waals surface area contributed by atoms with Crippen molar-refractivity contribution in [3.05, 3.63) is 126 Å². The zero-order chi connectivity index (χ0) is 15.5. The topological polar surface area (TPSA) is 0 Å². The average Bonchev–Trinajstić information content (AvgIpc) is 3.09. The summed E-state index contributed by atoms with van der Waals surface area (Å²) < 4.78 is 0. The summed E-state index contributed by atoms with van der Waals surface area (Å²) >= 11 is 0. The van der Waals surface area contributed by atoms with E-state index in [4.69, 9.17) is 0 Å². The predicted octanol–water partition coefficient (Wildman–Crippen LogP) is 5.79. The second kappa shape index (κ2) is 6.10. The summed E-state index contributed by atoms with van der Waals surface area (Å²) in [6, 6.07) is 31.8. The Morgan fingerprint density at radius 1 is 0.391 bits per heavy atom. The zero-order valence-corrected chi connectivity index (χ0v) is 12.8. The lowest BCUT2D eigenvalue weighted by Crippen LogP contribution is -1.97. The van der Waals surface area contributed by atoms with Crippen LogP contribution in [-0.4, -0.2) is 0 Å². The van der Waals surface area contributed by atoms with Crippen molar-refractivity contribution >= 4 is 11.1 Å². The largest absolute Gasteiger partial charge is 0.0622 e. The first-order chi connectivity index (χ1) is 11.4. The summed E-state index contributed by atoms with van der Waals surface area (Å²) in [4.78, 5) is 0. The highest BCUT2D eigenvalue weighted by molar-refractivity contribution is 5.99. The number of rotatable bonds is 3. The fraction of sp³-hybridized carbons (Fsp3) is 0. The third-order valence-corrected chi connectivity index (χ3v) is 4.17. The Labute approximate surface area is 137 Å². The van der Waals surface area contributed by atoms with E-state index in [9.17, 15) is 0 Å². The molecule has 0 N–H and O–H groups in total. The number of allylic oxidation sites excluding steroid dienone is 4. The molecule has 0 saturated heterocycles. The predicted molar refractivity (Wildman–Crippen MR) is 97.6 cm³/mol. The molecule has 0 heteroatoms. The highest BCUT2D eigenvalue weighted by Gasteiger charge is 2.23. The molecule has 0 nitrogen and oxygen atoms in total. The molecule has 0 spiro atoms. The smallest absolute Gasteiger partial charge is 0.0569 e. The summed E-state index contributed by atoms with van der Waals surface area (Å²) in [5, 5.41) is 0. The van der Waals surface area contributed by atoms with Gasteiger partial charge in [0.2, 0.25) is 0 Å². The van der Waals surface area contributed by atoms with Gasteiger partial charge in [0.25, 0.3) is 0 Å². The Bertz CT molecular complexity index is 840. The van der Waals surface area contributed by atoms with Gasteiger partial charge in [-0.05, 0) is 33.9 Å². The zero-order valence-electron chi connectivity index (χ0n) is 12.8. The van der Waals surface area contributed by atoms with Crippen molar-refractivity contribution in [3.8, 4) is 0 Å². The summed E-state index contributed by atoms with van der Waals surface area (Å²) in [6.45, 7) is 0. The van der Waals surface area contributed by atoms with E-state index in [1.54, 1.807) is 0 Å². The van der Waals surface area contributed by atoms with Crippen LogP contribution in [0.1, 0.15) is 16.7 Å². The SMILES string of the molecule is C1=C(c2ccccc2)C=C(c2ccccc2)[C]1c1ccccc1. The van der Waals surface area contributed by atoms with Crippen molar-refractivity contribution in [1.29, 1.82) is 0 Å². The second-order valence-corrected chi connectivity index (χ2v) is 5.67. The quantitative estimate of drug-likeness (QED) is 0.573. The van der Waals surface area contributed by atoms with Gasteiger partial charge in [0.1, 0.15) is 0 Å². The second-order valence-electron chi connectivity index (χ2n) is 5.67. The Kier molecular flexibility index (Phi) is 3.65. The molecule has 0 bridgehead atoms. The minimum atomic E-state index is 1.26. The average molecular weight is 293 g/mol. The fourth-order valence-corrected chi connectivity index (χ4v) is 3.02. The molecule has 1 radical (unpaired) electrons. The highest BCUT2D eigenvalue weighted by Crippen LogP contribution is 2.41. The molecule has 0 aliphatic heterocycles. The van der Waals surface area contributed by atoms with Gasteiger partial charge in [-0.3, -0.25) is 0 Å². The van der Waals surface area contributed by atoms with Crippen molar-refractivity contribution in [3.63, 3.8) is 0 Å². The van der Waals surface area contributed by atoms with Crippen LogP contribution in [0.4, 0.5) is 0 Å². The van der Waals surface area contributed by atoms with Crippen LogP contribution in [0.3, 0.4) is 0 Å². The normalized spacial score (nSPS) is 14.4. The van der Waals surface area contributed by atoms with Crippen molar-refractivity contribution in [2.45, 2.75) is 0 Å². The molecule has 0 fully saturated rings. The molecule has 3 aromatic rings. The van der Waals surface area contributed by atoms with Gasteiger partial charge < -0.3 is 0 Å². The van der Waals surface area contributed by atoms with Crippen LogP contribution >= 0.6 is 0 Å². The van der Waals surface area contributed by atoms with E-state index in [1.807, 2.05) is 0 Å². The number of hydrogen-bond donors (Lipinski definition) is 0. The van der Waals surface area contributed by atoms with Crippen LogP contribution in [0.2, 0.25) is 0 Å². The molecule has 109 valence electrons. The van der Waals surface area contributed by atoms with Gasteiger partial charge in [0.15, 0.2) is 0 Å². The molecule has 0 amide bonds. The van der Waals surface area contributed by atoms with Crippen LogP contribution < -0.4 is 0 Å². The van der Waals surface area contributed by atoms with Crippen LogP contribution in [0.25, 0.3) is 11.1 Å². The summed E-state index contributed by atoms with van der Waals surface area (Å²) in [6.07, 6.45) is 4.60. The Morgan fingerprint density at radius 2 is 0.870 bits per heavy atom. The van der Waals surface area contributed by atoms with Crippen molar-refractivity contribution in [1.82, 2.24) is 0 Å². The monoisotopic (exact) mass is 293 g/mol. The third-order valence-electron chi connectivity index (χ3n) is 4.17. The van der Waals surface area contributed by atoms with E-state index in [0.717, 1.165) is 0 Å². The lowest BCUT2D eigenvalue weighted by atomic mass is 9.89. The summed E-state index contributed by atoms with van der Waals surface area (Å²) in [5.41, 5.74) is 6.33. The van der Waals surface area contributed by atoms with E-state index in [-0.39, 0.29) is 0 Å². The van der Waals surface area contributed by atoms with E-state index in [1.165, 1.54) is 33.8 Å². The molecule has 0 unspecified atom stereocenters. The molecule has 0 heterocycles. The molecular formula is C23H17. The fourth-order valence-electron chi connectivity index (χ4n) is 3.02. The minimum Gasteiger partial charge on any atom is -0.0622 e. The first-order valence-corrected chi connectivity index (χ1v) is 7.89. The molecule has 0 aromatic heterocycles. The molecule has 0 saturated carbocycles. The molecule has 3 aromatic carbocycles. The van der Waals surface area contributed by atoms with Crippen LogP contribution in [0.15, 0.2) is 103 Å². The van der Waals surface area contributed by atoms with Crippen molar-refractivity contribution in [2.75, 3.05) is 0 Å². The van der Waals surface area contributed by atoms with Gasteiger partial charge in [-0.25, -0.2) is 0 Å². The maximum absolute atomic E-state index is 2.30. The lowest BCUT2D eigenvalue weighted by molar-refractivity contribution is 1.39. The van der Waals surface area contributed by atoms with E-state index in [2.05, 4.69) is 103 Å². The van der Waals surface area contributed by atoms with Gasteiger partial charge >= 0.3 is 0 Å². The molecule has 4 rings (SSSR count). The lowest BCUT2D eigenvalue weighted by Gasteiger charge is -2.13. The maximum atomic E-state index is 2.30. The van der Waals surface area contributed by atoms with Gasteiger partial charge in [-0.15, -0.1) is 0 Å². The van der Waals surface area contributed by atoms with Gasteiger partial charge in [0, 0.05) is 0 Å². The van der Waals surface area contributed by atoms with E-state index in [0.29, 0.717) is 0 Å². The minimum absolute atomic E-state index is 1.26. The standard InChI is InChI=1S/C23H17/c1-4-10-18(11-5-1)21-16-22(19-12-6-2-7-13-19)23(17-21)20-14-8-3-9-15-20/h1-17H. The Morgan fingerprint density at radius 3 is 1.43 bits per heavy atom. The van der Waals surface area contributed by atoms with Gasteiger partial charge in [-0.2, -0.15) is 0 Å². The highest BCUT2D eigenvalue weighted by atomic mass is 14.3. The molecule has 1 aliphatic carbocycles. The molecule has 0 atom stereocenters. The maximum Gasteiger partial charge on any atom is 0.0569 e. The van der Waals surface area contributed by atoms with E-state index < -0.39 is 0 Å². The Balaban J connectivity index is 1.82.